The normalized spacial score (nSPS) is 14.2. The molecular weight excluding hydrogens is 381 g/mol. The fourth-order valence-electron chi connectivity index (χ4n) is 3.14. The molecule has 1 aliphatic heterocycles. The first-order valence-electron chi connectivity index (χ1n) is 8.87. The molecule has 0 atom stereocenters. The van der Waals surface area contributed by atoms with Crippen molar-refractivity contribution in [2.75, 3.05) is 31.1 Å². The second kappa shape index (κ2) is 7.90. The summed E-state index contributed by atoms with van der Waals surface area (Å²) in [4.78, 5) is 20.5. The van der Waals surface area contributed by atoms with E-state index in [1.165, 1.54) is 18.2 Å². The highest BCUT2D eigenvalue weighted by Gasteiger charge is 2.26. The minimum Gasteiger partial charge on any atom is -0.352 e. The van der Waals surface area contributed by atoms with Gasteiger partial charge in [0.15, 0.2) is 5.82 Å². The van der Waals surface area contributed by atoms with Gasteiger partial charge in [0.1, 0.15) is 11.5 Å². The Hall–Kier alpha value is -3.06. The van der Waals surface area contributed by atoms with Crippen LogP contribution in [0, 0.1) is 5.82 Å². The molecule has 4 rings (SSSR count). The van der Waals surface area contributed by atoms with Crippen LogP contribution in [0.4, 0.5) is 10.2 Å². The SMILES string of the molecule is O=C(c1c(F)cccc1Cl)N1CCN(c2ccc(-c3ccccn3)nn2)CC1. The van der Waals surface area contributed by atoms with Crippen molar-refractivity contribution in [1.82, 2.24) is 20.1 Å². The Morgan fingerprint density at radius 3 is 2.39 bits per heavy atom. The van der Waals surface area contributed by atoms with Gasteiger partial charge in [-0.05, 0) is 36.4 Å². The molecule has 2 aromatic heterocycles. The molecule has 0 aliphatic carbocycles. The summed E-state index contributed by atoms with van der Waals surface area (Å²) in [5.41, 5.74) is 1.39. The number of amides is 1. The predicted molar refractivity (Wildman–Crippen MR) is 105 cm³/mol. The molecule has 28 heavy (non-hydrogen) atoms. The molecule has 0 N–H and O–H groups in total. The molecule has 8 heteroatoms. The summed E-state index contributed by atoms with van der Waals surface area (Å²) in [6, 6.07) is 13.6. The van der Waals surface area contributed by atoms with Crippen LogP contribution in [0.5, 0.6) is 0 Å². The van der Waals surface area contributed by atoms with Gasteiger partial charge in [0.25, 0.3) is 5.91 Å². The van der Waals surface area contributed by atoms with E-state index in [2.05, 4.69) is 15.2 Å². The van der Waals surface area contributed by atoms with E-state index in [-0.39, 0.29) is 16.5 Å². The zero-order valence-electron chi connectivity index (χ0n) is 14.9. The van der Waals surface area contributed by atoms with E-state index >= 15 is 0 Å². The number of benzene rings is 1. The maximum atomic E-state index is 14.0. The summed E-state index contributed by atoms with van der Waals surface area (Å²) in [6.45, 7) is 2.06. The summed E-state index contributed by atoms with van der Waals surface area (Å²) < 4.78 is 14.0. The van der Waals surface area contributed by atoms with E-state index in [0.717, 1.165) is 11.5 Å². The zero-order chi connectivity index (χ0) is 19.5. The summed E-state index contributed by atoms with van der Waals surface area (Å²) in [5.74, 6) is -0.258. The first-order valence-corrected chi connectivity index (χ1v) is 9.24. The Kier molecular flexibility index (Phi) is 5.16. The molecular formula is C20H17ClFN5O. The van der Waals surface area contributed by atoms with Crippen molar-refractivity contribution in [3.05, 3.63) is 71.1 Å². The Morgan fingerprint density at radius 2 is 1.75 bits per heavy atom. The fraction of sp³-hybridized carbons (Fsp3) is 0.200. The molecule has 1 fully saturated rings. The third kappa shape index (κ3) is 3.66. The largest absolute Gasteiger partial charge is 0.352 e. The van der Waals surface area contributed by atoms with E-state index in [1.54, 1.807) is 11.1 Å². The monoisotopic (exact) mass is 397 g/mol. The number of carbonyl (C=O) groups is 1. The van der Waals surface area contributed by atoms with Crippen LogP contribution in [0.25, 0.3) is 11.4 Å². The number of pyridine rings is 1. The van der Waals surface area contributed by atoms with Crippen molar-refractivity contribution in [3.63, 3.8) is 0 Å². The molecule has 1 saturated heterocycles. The summed E-state index contributed by atoms with van der Waals surface area (Å²) in [6.07, 6.45) is 1.71. The van der Waals surface area contributed by atoms with Crippen LogP contribution in [0.15, 0.2) is 54.7 Å². The lowest BCUT2D eigenvalue weighted by atomic mass is 10.1. The van der Waals surface area contributed by atoms with Crippen LogP contribution < -0.4 is 4.90 Å². The van der Waals surface area contributed by atoms with Crippen LogP contribution in [0.1, 0.15) is 10.4 Å². The standard InChI is InChI=1S/C20H17ClFN5O/c21-14-4-3-5-15(22)19(14)20(28)27-12-10-26(11-13-27)18-8-7-17(24-25-18)16-6-1-2-9-23-16/h1-9H,10-13H2. The predicted octanol–water partition coefficient (Wildman–Crippen LogP) is 3.29. The Balaban J connectivity index is 1.42. The number of rotatable bonds is 3. The van der Waals surface area contributed by atoms with Gasteiger partial charge < -0.3 is 9.80 Å². The highest BCUT2D eigenvalue weighted by molar-refractivity contribution is 6.33. The lowest BCUT2D eigenvalue weighted by Gasteiger charge is -2.35. The van der Waals surface area contributed by atoms with Gasteiger partial charge in [-0.1, -0.05) is 23.7 Å². The molecule has 0 unspecified atom stereocenters. The summed E-state index contributed by atoms with van der Waals surface area (Å²) in [7, 11) is 0. The van der Waals surface area contributed by atoms with Crippen molar-refractivity contribution < 1.29 is 9.18 Å². The van der Waals surface area contributed by atoms with Gasteiger partial charge in [0.2, 0.25) is 0 Å². The molecule has 0 saturated carbocycles. The third-order valence-electron chi connectivity index (χ3n) is 4.65. The Morgan fingerprint density at radius 1 is 0.929 bits per heavy atom. The van der Waals surface area contributed by atoms with Gasteiger partial charge in [0.05, 0.1) is 16.3 Å². The van der Waals surface area contributed by atoms with Gasteiger partial charge in [-0.2, -0.15) is 0 Å². The van der Waals surface area contributed by atoms with Gasteiger partial charge in [-0.25, -0.2) is 4.39 Å². The van der Waals surface area contributed by atoms with Crippen LogP contribution in [-0.4, -0.2) is 52.2 Å². The fourth-order valence-corrected chi connectivity index (χ4v) is 3.39. The van der Waals surface area contributed by atoms with Crippen LogP contribution in [-0.2, 0) is 0 Å². The van der Waals surface area contributed by atoms with Gasteiger partial charge >= 0.3 is 0 Å². The topological polar surface area (TPSA) is 62.2 Å². The van der Waals surface area contributed by atoms with Gasteiger partial charge in [0, 0.05) is 32.4 Å². The maximum Gasteiger partial charge on any atom is 0.258 e. The average molecular weight is 398 g/mol. The Labute approximate surface area is 166 Å². The zero-order valence-corrected chi connectivity index (χ0v) is 15.7. The van der Waals surface area contributed by atoms with Crippen molar-refractivity contribution >= 4 is 23.3 Å². The molecule has 1 amide bonds. The molecule has 0 spiro atoms. The van der Waals surface area contributed by atoms with Crippen LogP contribution >= 0.6 is 11.6 Å². The second-order valence-corrected chi connectivity index (χ2v) is 6.77. The minimum atomic E-state index is -0.601. The maximum absolute atomic E-state index is 14.0. The smallest absolute Gasteiger partial charge is 0.258 e. The number of nitrogens with zero attached hydrogens (tertiary/aromatic N) is 5. The van der Waals surface area contributed by atoms with E-state index < -0.39 is 5.82 Å². The van der Waals surface area contributed by atoms with E-state index in [9.17, 15) is 9.18 Å². The first kappa shape index (κ1) is 18.3. The Bertz CT molecular complexity index is 955. The van der Waals surface area contributed by atoms with Gasteiger partial charge in [-0.3, -0.25) is 9.78 Å². The van der Waals surface area contributed by atoms with E-state index in [4.69, 9.17) is 11.6 Å². The molecule has 0 bridgehead atoms. The van der Waals surface area contributed by atoms with Crippen molar-refractivity contribution in [1.29, 1.82) is 0 Å². The number of halogens is 2. The lowest BCUT2D eigenvalue weighted by molar-refractivity contribution is 0.0742. The number of aromatic nitrogens is 3. The van der Waals surface area contributed by atoms with Gasteiger partial charge in [-0.15, -0.1) is 10.2 Å². The van der Waals surface area contributed by atoms with Crippen LogP contribution in [0.2, 0.25) is 5.02 Å². The first-order chi connectivity index (χ1) is 13.6. The molecule has 142 valence electrons. The van der Waals surface area contributed by atoms with Crippen molar-refractivity contribution in [2.45, 2.75) is 0 Å². The molecule has 6 nitrogen and oxygen atoms in total. The third-order valence-corrected chi connectivity index (χ3v) is 4.96. The number of anilines is 1. The average Bonchev–Trinajstić information content (AvgIpc) is 2.74. The number of hydrogen-bond donors (Lipinski definition) is 0. The number of piperazine rings is 1. The summed E-state index contributed by atoms with van der Waals surface area (Å²) >= 11 is 6.01. The van der Waals surface area contributed by atoms with E-state index in [0.29, 0.717) is 31.9 Å². The molecule has 0 radical (unpaired) electrons. The highest BCUT2D eigenvalue weighted by atomic mass is 35.5. The van der Waals surface area contributed by atoms with Crippen LogP contribution in [0.3, 0.4) is 0 Å². The molecule has 1 aliphatic rings. The molecule has 3 aromatic rings. The van der Waals surface area contributed by atoms with E-state index in [1.807, 2.05) is 35.2 Å². The number of carbonyl (C=O) groups excluding carboxylic acids is 1. The minimum absolute atomic E-state index is 0.0721. The number of hydrogen-bond acceptors (Lipinski definition) is 5. The quantitative estimate of drug-likeness (QED) is 0.678. The van der Waals surface area contributed by atoms with Crippen molar-refractivity contribution in [3.8, 4) is 11.4 Å². The van der Waals surface area contributed by atoms with Crippen molar-refractivity contribution in [2.24, 2.45) is 0 Å². The second-order valence-electron chi connectivity index (χ2n) is 6.37. The highest BCUT2D eigenvalue weighted by Crippen LogP contribution is 2.23. The summed E-state index contributed by atoms with van der Waals surface area (Å²) in [5, 5.41) is 8.66. The molecule has 3 heterocycles. The molecule has 1 aromatic carbocycles. The lowest BCUT2D eigenvalue weighted by Crippen LogP contribution is -2.49.